The molecule has 2 aromatic carbocycles. The van der Waals surface area contributed by atoms with Crippen LogP contribution >= 0.6 is 34.8 Å². The molecular weight excluding hydrogens is 387 g/mol. The van der Waals surface area contributed by atoms with Crippen LogP contribution in [-0.4, -0.2) is 23.8 Å². The summed E-state index contributed by atoms with van der Waals surface area (Å²) in [5.74, 6) is 1.25. The second kappa shape index (κ2) is 6.75. The number of nitrogens with zero attached hydrogens (tertiary/aromatic N) is 2. The van der Waals surface area contributed by atoms with Gasteiger partial charge in [0.15, 0.2) is 0 Å². The Kier molecular flexibility index (Phi) is 4.82. The quantitative estimate of drug-likeness (QED) is 0.642. The van der Waals surface area contributed by atoms with Crippen molar-refractivity contribution in [3.05, 3.63) is 55.5 Å². The van der Waals surface area contributed by atoms with Crippen LogP contribution < -0.4 is 15.0 Å². The van der Waals surface area contributed by atoms with Gasteiger partial charge in [-0.25, -0.2) is 4.98 Å². The number of aromatic nitrogens is 2. The van der Waals surface area contributed by atoms with Gasteiger partial charge in [-0.05, 0) is 19.1 Å². The SMILES string of the molecule is COc1cc(-n2c(C)nc3c(Cl)cc(Cl)cc3c2=O)c(OC)cc1Cl. The molecule has 5 nitrogen and oxygen atoms in total. The Morgan fingerprint density at radius 2 is 1.64 bits per heavy atom. The van der Waals surface area contributed by atoms with E-state index in [1.165, 1.54) is 24.9 Å². The highest BCUT2D eigenvalue weighted by molar-refractivity contribution is 6.38. The minimum absolute atomic E-state index is 0.305. The number of fused-ring (bicyclic) bond motifs is 1. The van der Waals surface area contributed by atoms with Crippen molar-refractivity contribution in [1.29, 1.82) is 0 Å². The van der Waals surface area contributed by atoms with E-state index < -0.39 is 0 Å². The lowest BCUT2D eigenvalue weighted by Gasteiger charge is -2.16. The zero-order chi connectivity index (χ0) is 18.3. The van der Waals surface area contributed by atoms with Gasteiger partial charge in [0.1, 0.15) is 17.3 Å². The summed E-state index contributed by atoms with van der Waals surface area (Å²) in [4.78, 5) is 17.5. The van der Waals surface area contributed by atoms with Crippen LogP contribution in [0.2, 0.25) is 15.1 Å². The molecule has 0 spiro atoms. The van der Waals surface area contributed by atoms with E-state index >= 15 is 0 Å². The van der Waals surface area contributed by atoms with E-state index in [-0.39, 0.29) is 5.56 Å². The van der Waals surface area contributed by atoms with Crippen molar-refractivity contribution in [1.82, 2.24) is 9.55 Å². The Labute approximate surface area is 158 Å². The fraction of sp³-hybridized carbons (Fsp3) is 0.176. The number of methoxy groups -OCH3 is 2. The summed E-state index contributed by atoms with van der Waals surface area (Å²) in [5, 5.41) is 1.34. The lowest BCUT2D eigenvalue weighted by Crippen LogP contribution is -2.23. The minimum Gasteiger partial charge on any atom is -0.495 e. The Hall–Kier alpha value is -1.95. The first-order valence-corrected chi connectivity index (χ1v) is 8.31. The lowest BCUT2D eigenvalue weighted by atomic mass is 10.2. The van der Waals surface area contributed by atoms with Gasteiger partial charge in [0.05, 0.1) is 40.9 Å². The van der Waals surface area contributed by atoms with Gasteiger partial charge >= 0.3 is 0 Å². The van der Waals surface area contributed by atoms with Gasteiger partial charge in [-0.3, -0.25) is 9.36 Å². The van der Waals surface area contributed by atoms with Crippen molar-refractivity contribution in [3.8, 4) is 17.2 Å². The molecule has 0 aliphatic heterocycles. The van der Waals surface area contributed by atoms with E-state index in [2.05, 4.69) is 4.98 Å². The van der Waals surface area contributed by atoms with Crippen molar-refractivity contribution in [2.45, 2.75) is 6.92 Å². The lowest BCUT2D eigenvalue weighted by molar-refractivity contribution is 0.401. The van der Waals surface area contributed by atoms with Gasteiger partial charge < -0.3 is 9.47 Å². The van der Waals surface area contributed by atoms with Gasteiger partial charge in [0.2, 0.25) is 0 Å². The molecule has 0 bridgehead atoms. The summed E-state index contributed by atoms with van der Waals surface area (Å²) in [6, 6.07) is 6.28. The van der Waals surface area contributed by atoms with Crippen LogP contribution in [0.5, 0.6) is 11.5 Å². The monoisotopic (exact) mass is 398 g/mol. The normalized spacial score (nSPS) is 11.0. The number of hydrogen-bond donors (Lipinski definition) is 0. The molecule has 0 saturated carbocycles. The van der Waals surface area contributed by atoms with Gasteiger partial charge in [-0.1, -0.05) is 34.8 Å². The van der Waals surface area contributed by atoms with Gasteiger partial charge in [-0.15, -0.1) is 0 Å². The van der Waals surface area contributed by atoms with Crippen molar-refractivity contribution in [2.24, 2.45) is 0 Å². The van der Waals surface area contributed by atoms with Crippen LogP contribution in [0.4, 0.5) is 0 Å². The summed E-state index contributed by atoms with van der Waals surface area (Å²) in [6.45, 7) is 1.70. The van der Waals surface area contributed by atoms with Crippen LogP contribution in [0.3, 0.4) is 0 Å². The summed E-state index contributed by atoms with van der Waals surface area (Å²) >= 11 is 18.4. The molecule has 1 heterocycles. The summed E-state index contributed by atoms with van der Waals surface area (Å²) in [7, 11) is 2.98. The molecular formula is C17H13Cl3N2O3. The second-order valence-corrected chi connectivity index (χ2v) is 6.49. The maximum Gasteiger partial charge on any atom is 0.266 e. The molecule has 0 unspecified atom stereocenters. The maximum atomic E-state index is 13.1. The largest absolute Gasteiger partial charge is 0.495 e. The molecule has 25 heavy (non-hydrogen) atoms. The summed E-state index contributed by atoms with van der Waals surface area (Å²) in [6.07, 6.45) is 0. The molecule has 3 rings (SSSR count). The third-order valence-corrected chi connectivity index (χ3v) is 4.55. The van der Waals surface area contributed by atoms with Crippen LogP contribution in [0.1, 0.15) is 5.82 Å². The van der Waals surface area contributed by atoms with Crippen LogP contribution in [0, 0.1) is 6.92 Å². The fourth-order valence-corrected chi connectivity index (χ4v) is 3.39. The third-order valence-electron chi connectivity index (χ3n) is 3.75. The Balaban J connectivity index is 2.43. The van der Waals surface area contributed by atoms with Crippen molar-refractivity contribution < 1.29 is 9.47 Å². The van der Waals surface area contributed by atoms with Crippen molar-refractivity contribution >= 4 is 45.7 Å². The van der Waals surface area contributed by atoms with E-state index in [4.69, 9.17) is 44.3 Å². The number of halogens is 3. The molecule has 3 aromatic rings. The molecule has 0 amide bonds. The van der Waals surface area contributed by atoms with E-state index in [1.807, 2.05) is 0 Å². The first-order chi connectivity index (χ1) is 11.9. The number of ether oxygens (including phenoxy) is 2. The maximum absolute atomic E-state index is 13.1. The number of rotatable bonds is 3. The van der Waals surface area contributed by atoms with E-state index in [1.54, 1.807) is 25.1 Å². The van der Waals surface area contributed by atoms with E-state index in [9.17, 15) is 4.79 Å². The Morgan fingerprint density at radius 3 is 2.28 bits per heavy atom. The standard InChI is InChI=1S/C17H13Cl3N2O3/c1-8-21-16-10(4-9(18)5-12(16)20)17(23)22(8)13-7-14(24-2)11(19)6-15(13)25-3/h4-7H,1-3H3. The highest BCUT2D eigenvalue weighted by atomic mass is 35.5. The Morgan fingerprint density at radius 1 is 0.960 bits per heavy atom. The van der Waals surface area contributed by atoms with Gasteiger partial charge in [0.25, 0.3) is 5.56 Å². The predicted molar refractivity (Wildman–Crippen MR) is 100 cm³/mol. The Bertz CT molecular complexity index is 1050. The first-order valence-electron chi connectivity index (χ1n) is 7.17. The molecule has 1 aromatic heterocycles. The average molecular weight is 400 g/mol. The van der Waals surface area contributed by atoms with Crippen LogP contribution in [0.25, 0.3) is 16.6 Å². The van der Waals surface area contributed by atoms with Crippen LogP contribution in [-0.2, 0) is 0 Å². The molecule has 0 N–H and O–H groups in total. The van der Waals surface area contributed by atoms with Crippen molar-refractivity contribution in [3.63, 3.8) is 0 Å². The molecule has 130 valence electrons. The zero-order valence-electron chi connectivity index (χ0n) is 13.6. The molecule has 0 radical (unpaired) electrons. The third kappa shape index (κ3) is 3.03. The highest BCUT2D eigenvalue weighted by Crippen LogP contribution is 2.35. The summed E-state index contributed by atoms with van der Waals surface area (Å²) in [5.41, 5.74) is 0.524. The van der Waals surface area contributed by atoms with E-state index in [0.29, 0.717) is 49.0 Å². The van der Waals surface area contributed by atoms with Crippen molar-refractivity contribution in [2.75, 3.05) is 14.2 Å². The topological polar surface area (TPSA) is 53.4 Å². The van der Waals surface area contributed by atoms with Gasteiger partial charge in [-0.2, -0.15) is 0 Å². The molecule has 0 atom stereocenters. The minimum atomic E-state index is -0.324. The second-order valence-electron chi connectivity index (χ2n) is 5.24. The van der Waals surface area contributed by atoms with E-state index in [0.717, 1.165) is 0 Å². The smallest absolute Gasteiger partial charge is 0.266 e. The molecule has 0 fully saturated rings. The summed E-state index contributed by atoms with van der Waals surface area (Å²) < 4.78 is 12.0. The number of benzene rings is 2. The number of aryl methyl sites for hydroxylation is 1. The van der Waals surface area contributed by atoms with Crippen LogP contribution in [0.15, 0.2) is 29.1 Å². The highest BCUT2D eigenvalue weighted by Gasteiger charge is 2.18. The molecule has 8 heteroatoms. The molecule has 0 aliphatic carbocycles. The predicted octanol–water partition coefficient (Wildman–Crippen LogP) is 4.67. The first kappa shape index (κ1) is 17.9. The molecule has 0 aliphatic rings. The molecule has 0 saturated heterocycles. The van der Waals surface area contributed by atoms with Gasteiger partial charge in [0, 0.05) is 17.2 Å². The fourth-order valence-electron chi connectivity index (χ4n) is 2.62. The average Bonchev–Trinajstić information content (AvgIpc) is 2.57. The number of hydrogen-bond acceptors (Lipinski definition) is 4. The zero-order valence-corrected chi connectivity index (χ0v) is 15.8.